The molecule has 2 heterocycles. The van der Waals surface area contributed by atoms with Gasteiger partial charge in [0.15, 0.2) is 0 Å². The second-order valence-electron chi connectivity index (χ2n) is 9.83. The molecule has 2 aliphatic rings. The summed E-state index contributed by atoms with van der Waals surface area (Å²) in [7, 11) is 4.58. The number of fused-ring (bicyclic) bond motifs is 1. The van der Waals surface area contributed by atoms with Crippen LogP contribution in [-0.2, 0) is 16.0 Å². The van der Waals surface area contributed by atoms with Gasteiger partial charge in [-0.15, -0.1) is 11.8 Å². The summed E-state index contributed by atoms with van der Waals surface area (Å²) in [6.07, 6.45) is 12.8. The van der Waals surface area contributed by atoms with Crippen LogP contribution >= 0.6 is 11.8 Å². The molecule has 2 aromatic carbocycles. The second kappa shape index (κ2) is 17.8. The Bertz CT molecular complexity index is 1220. The lowest BCUT2D eigenvalue weighted by atomic mass is 9.91. The number of thioether (sulfide) groups is 1. The van der Waals surface area contributed by atoms with Crippen molar-refractivity contribution in [3.05, 3.63) is 71.8 Å². The van der Waals surface area contributed by atoms with Crippen LogP contribution in [-0.4, -0.2) is 42.3 Å². The van der Waals surface area contributed by atoms with Crippen molar-refractivity contribution in [2.24, 2.45) is 11.7 Å². The number of carbonyl (C=O) groups excluding carboxylic acids is 1. The van der Waals surface area contributed by atoms with E-state index in [2.05, 4.69) is 35.6 Å². The minimum Gasteiger partial charge on any atom is -0.496 e. The van der Waals surface area contributed by atoms with Crippen molar-refractivity contribution < 1.29 is 23.0 Å². The molecule has 41 heavy (non-hydrogen) atoms. The predicted octanol–water partition coefficient (Wildman–Crippen LogP) is 7.59. The lowest BCUT2D eigenvalue weighted by Crippen LogP contribution is -2.20. The van der Waals surface area contributed by atoms with E-state index >= 15 is 0 Å². The molecule has 1 saturated carbocycles. The number of nitrogens with zero attached hydrogens (tertiary/aromatic N) is 2. The molecule has 1 aliphatic carbocycles. The molecular weight excluding hydrogens is 544 g/mol. The smallest absolute Gasteiger partial charge is 0.146 e. The first-order chi connectivity index (χ1) is 19.8. The maximum atomic E-state index is 13.6. The monoisotopic (exact) mass is 587 g/mol. The largest absolute Gasteiger partial charge is 0.496 e. The first-order valence-electron chi connectivity index (χ1n) is 14.0. The Morgan fingerprint density at radius 3 is 2.15 bits per heavy atom. The Morgan fingerprint density at radius 2 is 1.63 bits per heavy atom. The van der Waals surface area contributed by atoms with Crippen LogP contribution < -0.4 is 10.5 Å². The fourth-order valence-electron chi connectivity index (χ4n) is 4.80. The highest BCUT2D eigenvalue weighted by molar-refractivity contribution is 8.01. The van der Waals surface area contributed by atoms with Crippen molar-refractivity contribution in [1.29, 1.82) is 0 Å². The van der Waals surface area contributed by atoms with E-state index < -0.39 is 23.0 Å². The van der Waals surface area contributed by atoms with E-state index in [9.17, 15) is 13.6 Å². The number of Topliss-reactive ketones (excluding diaryl/α,β-unsaturated/α-hetero) is 1. The molecule has 1 aromatic heterocycles. The lowest BCUT2D eigenvalue weighted by molar-refractivity contribution is -0.118. The number of benzene rings is 2. The summed E-state index contributed by atoms with van der Waals surface area (Å²) in [5.74, 6) is 0.787. The van der Waals surface area contributed by atoms with E-state index in [1.807, 2.05) is 24.5 Å². The maximum Gasteiger partial charge on any atom is 0.146 e. The standard InChI is InChI=1S/C13H14N2O.C11H10F2O2S.C7H14.CH5N/c1-3-10-6-11(4-5-13(10)16-2)12-7-14-9-15-8-12;1-5(14)10-9(15-2)8-6(12)3-4-7(13)11(8)16-10;1-7-5-3-2-4-6-7;1-2/h4-9H,3H2,1-2H3;3-4,9-10H,1-2H3;7H,2-6H2,1H3;2H2,1H3. The summed E-state index contributed by atoms with van der Waals surface area (Å²) in [5.41, 5.74) is 8.01. The summed E-state index contributed by atoms with van der Waals surface area (Å²) in [5, 5.41) is -0.564. The van der Waals surface area contributed by atoms with Gasteiger partial charge in [0.25, 0.3) is 0 Å². The molecule has 224 valence electrons. The molecule has 0 radical (unpaired) electrons. The van der Waals surface area contributed by atoms with Crippen LogP contribution in [0.4, 0.5) is 8.78 Å². The SMILES string of the molecule is CC1CCCCC1.CCc1cc(-c2cncnc2)ccc1OC.CN.COC1c2c(F)ccc(F)c2SC1C(C)=O. The van der Waals surface area contributed by atoms with Gasteiger partial charge in [-0.2, -0.15) is 0 Å². The van der Waals surface area contributed by atoms with Gasteiger partial charge in [0.1, 0.15) is 35.6 Å². The van der Waals surface area contributed by atoms with Gasteiger partial charge in [-0.1, -0.05) is 52.0 Å². The zero-order chi connectivity index (χ0) is 30.4. The number of aryl methyl sites for hydroxylation is 1. The Morgan fingerprint density at radius 1 is 1.00 bits per heavy atom. The van der Waals surface area contributed by atoms with Gasteiger partial charge in [-0.05, 0) is 61.7 Å². The molecule has 2 unspecified atom stereocenters. The van der Waals surface area contributed by atoms with Gasteiger partial charge in [0.2, 0.25) is 0 Å². The highest BCUT2D eigenvalue weighted by Gasteiger charge is 2.40. The number of ketones is 1. The zero-order valence-electron chi connectivity index (χ0n) is 25.0. The number of methoxy groups -OCH3 is 2. The van der Waals surface area contributed by atoms with Crippen LogP contribution in [0, 0.1) is 17.6 Å². The minimum atomic E-state index is -0.701. The first kappa shape index (κ1) is 34.3. The van der Waals surface area contributed by atoms with Crippen molar-refractivity contribution in [1.82, 2.24) is 9.97 Å². The normalized spacial score (nSPS) is 17.5. The summed E-state index contributed by atoms with van der Waals surface area (Å²) < 4.78 is 37.4. The molecular formula is C32H43F2N3O3S. The van der Waals surface area contributed by atoms with Crippen molar-refractivity contribution in [3.63, 3.8) is 0 Å². The molecule has 6 nitrogen and oxygen atoms in total. The van der Waals surface area contributed by atoms with Crippen LogP contribution in [0.2, 0.25) is 0 Å². The number of carbonyl (C=O) groups is 1. The van der Waals surface area contributed by atoms with Crippen molar-refractivity contribution >= 4 is 17.5 Å². The Kier molecular flexibility index (Phi) is 14.9. The van der Waals surface area contributed by atoms with E-state index in [1.54, 1.807) is 7.11 Å². The Labute approximate surface area is 247 Å². The Balaban J connectivity index is 0.000000223. The third-order valence-electron chi connectivity index (χ3n) is 7.00. The summed E-state index contributed by atoms with van der Waals surface area (Å²) in [4.78, 5) is 19.6. The van der Waals surface area contributed by atoms with E-state index in [1.165, 1.54) is 65.1 Å². The van der Waals surface area contributed by atoms with E-state index in [0.717, 1.165) is 53.1 Å². The lowest BCUT2D eigenvalue weighted by Gasteiger charge is -2.15. The van der Waals surface area contributed by atoms with Gasteiger partial charge in [-0.25, -0.2) is 18.7 Å². The van der Waals surface area contributed by atoms with Crippen LogP contribution in [0.25, 0.3) is 11.1 Å². The summed E-state index contributed by atoms with van der Waals surface area (Å²) in [6, 6.07) is 8.26. The van der Waals surface area contributed by atoms with Crippen LogP contribution in [0.1, 0.15) is 70.1 Å². The molecule has 3 aromatic rings. The maximum absolute atomic E-state index is 13.6. The highest BCUT2D eigenvalue weighted by atomic mass is 32.2. The average molecular weight is 588 g/mol. The molecule has 1 aliphatic heterocycles. The molecule has 0 spiro atoms. The van der Waals surface area contributed by atoms with Gasteiger partial charge in [0.05, 0.1) is 17.3 Å². The van der Waals surface area contributed by atoms with Gasteiger partial charge >= 0.3 is 0 Å². The molecule has 0 saturated heterocycles. The number of hydrogen-bond donors (Lipinski definition) is 1. The van der Waals surface area contributed by atoms with Gasteiger partial charge in [-0.3, -0.25) is 4.79 Å². The fraction of sp³-hybridized carbons (Fsp3) is 0.469. The first-order valence-corrected chi connectivity index (χ1v) is 14.9. The van der Waals surface area contributed by atoms with E-state index in [0.29, 0.717) is 0 Å². The van der Waals surface area contributed by atoms with Crippen molar-refractivity contribution in [3.8, 4) is 16.9 Å². The van der Waals surface area contributed by atoms with Crippen LogP contribution in [0.15, 0.2) is 53.9 Å². The number of rotatable bonds is 5. The second-order valence-corrected chi connectivity index (χ2v) is 11.0. The zero-order valence-corrected chi connectivity index (χ0v) is 25.8. The predicted molar refractivity (Wildman–Crippen MR) is 162 cm³/mol. The van der Waals surface area contributed by atoms with Gasteiger partial charge < -0.3 is 15.2 Å². The minimum absolute atomic E-state index is 0.146. The third kappa shape index (κ3) is 9.58. The molecule has 9 heteroatoms. The average Bonchev–Trinajstić information content (AvgIpc) is 3.43. The van der Waals surface area contributed by atoms with Crippen molar-refractivity contribution in [2.45, 2.75) is 75.5 Å². The molecule has 0 bridgehead atoms. The molecule has 5 rings (SSSR count). The van der Waals surface area contributed by atoms with E-state index in [-0.39, 0.29) is 16.2 Å². The summed E-state index contributed by atoms with van der Waals surface area (Å²) >= 11 is 1.03. The molecule has 2 atom stereocenters. The number of ether oxygens (including phenoxy) is 2. The molecule has 2 N–H and O–H groups in total. The number of hydrogen-bond acceptors (Lipinski definition) is 7. The summed E-state index contributed by atoms with van der Waals surface area (Å²) in [6.45, 7) is 5.87. The Hall–Kier alpha value is -2.88. The van der Waals surface area contributed by atoms with Crippen molar-refractivity contribution in [2.75, 3.05) is 21.3 Å². The quantitative estimate of drug-likeness (QED) is 0.329. The van der Waals surface area contributed by atoms with Crippen LogP contribution in [0.3, 0.4) is 0 Å². The molecule has 0 amide bonds. The molecule has 1 fully saturated rings. The fourth-order valence-corrected chi connectivity index (χ4v) is 6.11. The third-order valence-corrected chi connectivity index (χ3v) is 8.49. The topological polar surface area (TPSA) is 87.3 Å². The number of halogens is 2. The number of aromatic nitrogens is 2. The van der Waals surface area contributed by atoms with Gasteiger partial charge in [0, 0.05) is 30.6 Å². The van der Waals surface area contributed by atoms with E-state index in [4.69, 9.17) is 9.47 Å². The highest BCUT2D eigenvalue weighted by Crippen LogP contribution is 2.48. The van der Waals surface area contributed by atoms with Crippen LogP contribution in [0.5, 0.6) is 5.75 Å². The number of nitrogens with two attached hydrogens (primary N) is 1.